The van der Waals surface area contributed by atoms with Crippen LogP contribution in [0.3, 0.4) is 0 Å². The van der Waals surface area contributed by atoms with Gasteiger partial charge in [0.1, 0.15) is 0 Å². The number of hydrogen-bond donors (Lipinski definition) is 2. The average molecular weight is 294 g/mol. The fourth-order valence-electron chi connectivity index (χ4n) is 2.15. The van der Waals surface area contributed by atoms with E-state index in [1.165, 1.54) is 38.5 Å². The summed E-state index contributed by atoms with van der Waals surface area (Å²) in [6.07, 6.45) is 10.8. The average Bonchev–Trinajstić information content (AvgIpc) is 2.32. The Labute approximate surface area is 118 Å². The van der Waals surface area contributed by atoms with Crippen molar-refractivity contribution in [3.63, 3.8) is 0 Å². The molecule has 0 aromatic carbocycles. The zero-order valence-corrected chi connectivity index (χ0v) is 13.0. The maximum atomic E-state index is 10.5. The maximum Gasteiger partial charge on any atom is 0.264 e. The van der Waals surface area contributed by atoms with Gasteiger partial charge in [-0.3, -0.25) is 4.55 Å². The van der Waals surface area contributed by atoms with Gasteiger partial charge in [0, 0.05) is 0 Å². The zero-order chi connectivity index (χ0) is 14.6. The van der Waals surface area contributed by atoms with Gasteiger partial charge in [-0.25, -0.2) is 0 Å². The second-order valence-electron chi connectivity index (χ2n) is 5.35. The lowest BCUT2D eigenvalue weighted by atomic mass is 10.0. The van der Waals surface area contributed by atoms with E-state index >= 15 is 0 Å². The largest absolute Gasteiger partial charge is 0.393 e. The highest BCUT2D eigenvalue weighted by Crippen LogP contribution is 2.12. The van der Waals surface area contributed by atoms with E-state index in [2.05, 4.69) is 6.92 Å². The van der Waals surface area contributed by atoms with Gasteiger partial charge in [-0.1, -0.05) is 51.9 Å². The highest BCUT2D eigenvalue weighted by Gasteiger charge is 2.07. The van der Waals surface area contributed by atoms with Crippen molar-refractivity contribution >= 4 is 10.1 Å². The SMILES string of the molecule is CCCCCCCCCC(O)CCCCS(=O)(=O)O. The van der Waals surface area contributed by atoms with Gasteiger partial charge in [0.05, 0.1) is 11.9 Å². The molecule has 0 saturated carbocycles. The molecule has 5 heteroatoms. The van der Waals surface area contributed by atoms with Crippen molar-refractivity contribution in [3.8, 4) is 0 Å². The van der Waals surface area contributed by atoms with Crippen LogP contribution in [0.4, 0.5) is 0 Å². The summed E-state index contributed by atoms with van der Waals surface area (Å²) in [6, 6.07) is 0. The van der Waals surface area contributed by atoms with Gasteiger partial charge >= 0.3 is 0 Å². The number of hydrogen-bond acceptors (Lipinski definition) is 3. The minimum absolute atomic E-state index is 0.197. The van der Waals surface area contributed by atoms with Crippen LogP contribution in [-0.2, 0) is 10.1 Å². The Kier molecular flexibility index (Phi) is 11.6. The first kappa shape index (κ1) is 18.9. The van der Waals surface area contributed by atoms with Crippen molar-refractivity contribution in [3.05, 3.63) is 0 Å². The smallest absolute Gasteiger partial charge is 0.264 e. The molecule has 0 saturated heterocycles. The Morgan fingerprint density at radius 1 is 0.842 bits per heavy atom. The molecular weight excluding hydrogens is 264 g/mol. The second kappa shape index (κ2) is 11.7. The lowest BCUT2D eigenvalue weighted by Gasteiger charge is -2.09. The Morgan fingerprint density at radius 2 is 1.32 bits per heavy atom. The van der Waals surface area contributed by atoms with Crippen molar-refractivity contribution < 1.29 is 18.1 Å². The number of rotatable bonds is 13. The molecule has 0 bridgehead atoms. The first-order chi connectivity index (χ1) is 8.95. The minimum Gasteiger partial charge on any atom is -0.393 e. The molecule has 0 aliphatic heterocycles. The number of aliphatic hydroxyl groups is 1. The Morgan fingerprint density at radius 3 is 1.84 bits per heavy atom. The van der Waals surface area contributed by atoms with Crippen LogP contribution in [0.1, 0.15) is 77.6 Å². The van der Waals surface area contributed by atoms with Crippen LogP contribution >= 0.6 is 0 Å². The summed E-state index contributed by atoms with van der Waals surface area (Å²) in [5, 5.41) is 9.71. The predicted molar refractivity (Wildman–Crippen MR) is 78.9 cm³/mol. The molecule has 0 spiro atoms. The van der Waals surface area contributed by atoms with Crippen molar-refractivity contribution in [2.45, 2.75) is 83.7 Å². The topological polar surface area (TPSA) is 74.6 Å². The Bertz CT molecular complexity index is 288. The highest BCUT2D eigenvalue weighted by atomic mass is 32.2. The summed E-state index contributed by atoms with van der Waals surface area (Å²) in [5.74, 6) is -0.197. The molecule has 116 valence electrons. The molecule has 19 heavy (non-hydrogen) atoms. The molecule has 0 aromatic rings. The molecule has 1 unspecified atom stereocenters. The third-order valence-electron chi connectivity index (χ3n) is 3.33. The first-order valence-corrected chi connectivity index (χ1v) is 9.20. The molecular formula is C14H30O4S. The van der Waals surface area contributed by atoms with E-state index in [0.717, 1.165) is 12.8 Å². The fraction of sp³-hybridized carbons (Fsp3) is 1.00. The summed E-state index contributed by atoms with van der Waals surface area (Å²) in [7, 11) is -3.84. The summed E-state index contributed by atoms with van der Waals surface area (Å²) < 4.78 is 29.5. The molecule has 0 heterocycles. The van der Waals surface area contributed by atoms with Crippen LogP contribution in [0.15, 0.2) is 0 Å². The van der Waals surface area contributed by atoms with Gasteiger partial charge in [0.25, 0.3) is 10.1 Å². The normalized spacial score (nSPS) is 13.6. The van der Waals surface area contributed by atoms with Crippen LogP contribution in [0.5, 0.6) is 0 Å². The van der Waals surface area contributed by atoms with Gasteiger partial charge < -0.3 is 5.11 Å². The minimum atomic E-state index is -3.84. The summed E-state index contributed by atoms with van der Waals surface area (Å²) >= 11 is 0. The van der Waals surface area contributed by atoms with E-state index in [1.807, 2.05) is 0 Å². The van der Waals surface area contributed by atoms with Crippen LogP contribution in [0.2, 0.25) is 0 Å². The number of unbranched alkanes of at least 4 members (excludes halogenated alkanes) is 7. The van der Waals surface area contributed by atoms with Crippen LogP contribution < -0.4 is 0 Å². The second-order valence-corrected chi connectivity index (χ2v) is 6.92. The van der Waals surface area contributed by atoms with E-state index in [9.17, 15) is 13.5 Å². The van der Waals surface area contributed by atoms with Crippen LogP contribution in [0.25, 0.3) is 0 Å². The molecule has 4 nitrogen and oxygen atoms in total. The quantitative estimate of drug-likeness (QED) is 0.402. The van der Waals surface area contributed by atoms with E-state index in [-0.39, 0.29) is 11.9 Å². The highest BCUT2D eigenvalue weighted by molar-refractivity contribution is 7.85. The van der Waals surface area contributed by atoms with Crippen LogP contribution in [0, 0.1) is 0 Å². The van der Waals surface area contributed by atoms with Crippen molar-refractivity contribution in [2.75, 3.05) is 5.75 Å². The summed E-state index contributed by atoms with van der Waals surface area (Å²) in [4.78, 5) is 0. The third kappa shape index (κ3) is 15.8. The van der Waals surface area contributed by atoms with E-state index in [0.29, 0.717) is 19.3 Å². The number of aliphatic hydroxyl groups excluding tert-OH is 1. The van der Waals surface area contributed by atoms with Crippen molar-refractivity contribution in [2.24, 2.45) is 0 Å². The van der Waals surface area contributed by atoms with Crippen LogP contribution in [-0.4, -0.2) is 29.9 Å². The zero-order valence-electron chi connectivity index (χ0n) is 12.2. The van der Waals surface area contributed by atoms with Crippen molar-refractivity contribution in [1.82, 2.24) is 0 Å². The molecule has 0 aliphatic carbocycles. The van der Waals surface area contributed by atoms with Gasteiger partial charge in [0.2, 0.25) is 0 Å². The predicted octanol–water partition coefficient (Wildman–Crippen LogP) is 3.55. The molecule has 0 amide bonds. The standard InChI is InChI=1S/C14H30O4S/c1-2-3-4-5-6-7-8-11-14(15)12-9-10-13-19(16,17)18/h14-15H,2-13H2,1H3,(H,16,17,18). The monoisotopic (exact) mass is 294 g/mol. The molecule has 0 fully saturated rings. The molecule has 0 aliphatic rings. The van der Waals surface area contributed by atoms with Gasteiger partial charge in [-0.2, -0.15) is 8.42 Å². The molecule has 1 atom stereocenters. The molecule has 0 rings (SSSR count). The maximum absolute atomic E-state index is 10.5. The van der Waals surface area contributed by atoms with Gasteiger partial charge in [0.15, 0.2) is 0 Å². The Hall–Kier alpha value is -0.130. The Balaban J connectivity index is 3.28. The van der Waals surface area contributed by atoms with Crippen molar-refractivity contribution in [1.29, 1.82) is 0 Å². The van der Waals surface area contributed by atoms with Gasteiger partial charge in [-0.15, -0.1) is 0 Å². The molecule has 0 radical (unpaired) electrons. The molecule has 2 N–H and O–H groups in total. The lowest BCUT2D eigenvalue weighted by Crippen LogP contribution is -2.08. The van der Waals surface area contributed by atoms with E-state index < -0.39 is 10.1 Å². The summed E-state index contributed by atoms with van der Waals surface area (Å²) in [6.45, 7) is 2.21. The van der Waals surface area contributed by atoms with E-state index in [1.54, 1.807) is 0 Å². The fourth-order valence-corrected chi connectivity index (χ4v) is 2.71. The third-order valence-corrected chi connectivity index (χ3v) is 4.14. The van der Waals surface area contributed by atoms with Gasteiger partial charge in [-0.05, 0) is 25.7 Å². The first-order valence-electron chi connectivity index (χ1n) is 7.59. The van der Waals surface area contributed by atoms with E-state index in [4.69, 9.17) is 4.55 Å². The molecule has 0 aromatic heterocycles. The summed E-state index contributed by atoms with van der Waals surface area (Å²) in [5.41, 5.74) is 0. The lowest BCUT2D eigenvalue weighted by molar-refractivity contribution is 0.148.